The molecule has 0 radical (unpaired) electrons. The van der Waals surface area contributed by atoms with Crippen molar-refractivity contribution in [3.05, 3.63) is 69.6 Å². The van der Waals surface area contributed by atoms with Gasteiger partial charge in [-0.1, -0.05) is 17.7 Å². The van der Waals surface area contributed by atoms with E-state index in [1.54, 1.807) is 25.1 Å². The van der Waals surface area contributed by atoms with Gasteiger partial charge in [-0.3, -0.25) is 14.3 Å². The first-order valence-electron chi connectivity index (χ1n) is 6.42. The van der Waals surface area contributed by atoms with Crippen LogP contribution in [0.5, 0.6) is 0 Å². The van der Waals surface area contributed by atoms with E-state index in [1.165, 1.54) is 12.1 Å². The van der Waals surface area contributed by atoms with Crippen LogP contribution < -0.4 is 5.73 Å². The Bertz CT molecular complexity index is 870. The Labute approximate surface area is 143 Å². The third-order valence-corrected chi connectivity index (χ3v) is 3.31. The number of primary amides is 1. The molecule has 0 spiro atoms. The first-order valence-corrected chi connectivity index (χ1v) is 8.30. The third-order valence-electron chi connectivity index (χ3n) is 2.52. The van der Waals surface area contributed by atoms with Crippen molar-refractivity contribution in [3.63, 3.8) is 0 Å². The molecule has 2 rings (SSSR count). The smallest absolute Gasteiger partial charge is 0.287 e. The number of amides is 1. The average molecular weight is 373 g/mol. The normalized spacial score (nSPS) is 11.0. The highest BCUT2D eigenvalue weighted by molar-refractivity contribution is 7.88. The standard InChI is InChI=1S/C8H9NO3S.C7H5ClFNO/c1-7-3-2-4-8(9-7)5-6-13(10,11)12;8-6-3-4(9)1-2-5(6)7(10)11/h2-6H,1H3,(H,10,11,12);1-3H,(H2,10,11). The van der Waals surface area contributed by atoms with Crippen molar-refractivity contribution in [1.82, 2.24) is 4.98 Å². The molecule has 0 unspecified atom stereocenters. The molecule has 0 atom stereocenters. The van der Waals surface area contributed by atoms with Crippen LogP contribution in [0.1, 0.15) is 21.7 Å². The summed E-state index contributed by atoms with van der Waals surface area (Å²) < 4.78 is 41.4. The van der Waals surface area contributed by atoms with Crippen molar-refractivity contribution in [3.8, 4) is 0 Å². The molecule has 128 valence electrons. The van der Waals surface area contributed by atoms with Crippen molar-refractivity contribution in [2.75, 3.05) is 0 Å². The Kier molecular flexibility index (Phi) is 7.02. The highest BCUT2D eigenvalue weighted by Crippen LogP contribution is 2.16. The topological polar surface area (TPSA) is 110 Å². The molecule has 9 heteroatoms. The van der Waals surface area contributed by atoms with E-state index in [2.05, 4.69) is 4.98 Å². The maximum atomic E-state index is 12.4. The van der Waals surface area contributed by atoms with Crippen molar-refractivity contribution >= 4 is 33.7 Å². The number of hydrogen-bond donors (Lipinski definition) is 2. The summed E-state index contributed by atoms with van der Waals surface area (Å²) in [6.45, 7) is 1.80. The van der Waals surface area contributed by atoms with Gasteiger partial charge in [0.15, 0.2) is 0 Å². The molecule has 1 amide bonds. The molecule has 0 aliphatic heterocycles. The minimum absolute atomic E-state index is 0.0394. The fourth-order valence-corrected chi connectivity index (χ4v) is 2.07. The molecule has 1 aromatic heterocycles. The molecule has 2 aromatic rings. The van der Waals surface area contributed by atoms with Gasteiger partial charge in [0.1, 0.15) is 5.82 Å². The van der Waals surface area contributed by atoms with Gasteiger partial charge in [0, 0.05) is 5.69 Å². The van der Waals surface area contributed by atoms with E-state index in [1.807, 2.05) is 0 Å². The zero-order valence-corrected chi connectivity index (χ0v) is 14.1. The van der Waals surface area contributed by atoms with E-state index < -0.39 is 21.8 Å². The fourth-order valence-electron chi connectivity index (χ4n) is 1.50. The molecule has 0 saturated heterocycles. The van der Waals surface area contributed by atoms with Crippen LogP contribution in [0.25, 0.3) is 6.08 Å². The van der Waals surface area contributed by atoms with E-state index in [9.17, 15) is 17.6 Å². The van der Waals surface area contributed by atoms with Crippen LogP contribution in [-0.2, 0) is 10.1 Å². The summed E-state index contributed by atoms with van der Waals surface area (Å²) in [6, 6.07) is 8.62. The Balaban J connectivity index is 0.000000243. The van der Waals surface area contributed by atoms with Gasteiger partial charge >= 0.3 is 0 Å². The second kappa shape index (κ2) is 8.53. The molecule has 0 saturated carbocycles. The Morgan fingerprint density at radius 3 is 2.50 bits per heavy atom. The molecular weight excluding hydrogens is 359 g/mol. The van der Waals surface area contributed by atoms with Gasteiger partial charge in [0.05, 0.1) is 21.7 Å². The zero-order chi connectivity index (χ0) is 18.3. The summed E-state index contributed by atoms with van der Waals surface area (Å²) in [5.74, 6) is -1.14. The SMILES string of the molecule is Cc1cccc(C=CS(=O)(=O)O)n1.NC(=O)c1ccc(F)cc1Cl. The summed E-state index contributed by atoms with van der Waals surface area (Å²) in [7, 11) is -4.06. The van der Waals surface area contributed by atoms with Crippen LogP contribution in [0.15, 0.2) is 41.8 Å². The third kappa shape index (κ3) is 7.32. The van der Waals surface area contributed by atoms with Gasteiger partial charge in [-0.25, -0.2) is 4.39 Å². The minimum atomic E-state index is -4.06. The second-order valence-corrected chi connectivity index (χ2v) is 6.22. The average Bonchev–Trinajstić information content (AvgIpc) is 2.45. The lowest BCUT2D eigenvalue weighted by atomic mass is 10.2. The van der Waals surface area contributed by atoms with Crippen molar-refractivity contribution < 1.29 is 22.2 Å². The largest absolute Gasteiger partial charge is 0.366 e. The predicted octanol–water partition coefficient (Wildman–Crippen LogP) is 2.83. The highest BCUT2D eigenvalue weighted by Gasteiger charge is 2.05. The molecule has 0 fully saturated rings. The van der Waals surface area contributed by atoms with E-state index >= 15 is 0 Å². The molecule has 0 aliphatic rings. The lowest BCUT2D eigenvalue weighted by Crippen LogP contribution is -2.11. The number of nitrogens with two attached hydrogens (primary N) is 1. The number of hydrogen-bond acceptors (Lipinski definition) is 4. The van der Waals surface area contributed by atoms with Crippen LogP contribution >= 0.6 is 11.6 Å². The summed E-state index contributed by atoms with van der Waals surface area (Å²) >= 11 is 5.48. The zero-order valence-electron chi connectivity index (χ0n) is 12.5. The summed E-state index contributed by atoms with van der Waals surface area (Å²) in [5.41, 5.74) is 6.34. The number of halogens is 2. The lowest BCUT2D eigenvalue weighted by molar-refractivity contribution is 0.100. The maximum absolute atomic E-state index is 12.4. The number of nitrogens with zero attached hydrogens (tertiary/aromatic N) is 1. The number of carbonyl (C=O) groups excluding carboxylic acids is 1. The summed E-state index contributed by atoms with van der Waals surface area (Å²) in [5, 5.41) is 0.743. The van der Waals surface area contributed by atoms with Crippen LogP contribution in [0.4, 0.5) is 4.39 Å². The van der Waals surface area contributed by atoms with Crippen molar-refractivity contribution in [2.45, 2.75) is 6.92 Å². The van der Waals surface area contributed by atoms with Gasteiger partial charge in [0.2, 0.25) is 5.91 Å². The Hall–Kier alpha value is -2.29. The maximum Gasteiger partial charge on any atom is 0.287 e. The monoisotopic (exact) mass is 372 g/mol. The van der Waals surface area contributed by atoms with Crippen molar-refractivity contribution in [1.29, 1.82) is 0 Å². The Morgan fingerprint density at radius 2 is 2.00 bits per heavy atom. The van der Waals surface area contributed by atoms with Gasteiger partial charge in [-0.05, 0) is 43.3 Å². The molecule has 3 N–H and O–H groups in total. The summed E-state index contributed by atoms with van der Waals surface area (Å²) in [4.78, 5) is 14.6. The molecule has 24 heavy (non-hydrogen) atoms. The fraction of sp³-hybridized carbons (Fsp3) is 0.0667. The number of aryl methyl sites for hydroxylation is 1. The van der Waals surface area contributed by atoms with Crippen LogP contribution in [0, 0.1) is 12.7 Å². The molecule has 0 bridgehead atoms. The number of pyridine rings is 1. The molecule has 1 heterocycles. The predicted molar refractivity (Wildman–Crippen MR) is 89.5 cm³/mol. The van der Waals surface area contributed by atoms with Gasteiger partial charge < -0.3 is 5.73 Å². The quantitative estimate of drug-likeness (QED) is 0.805. The van der Waals surface area contributed by atoms with Crippen LogP contribution in [-0.4, -0.2) is 23.9 Å². The van der Waals surface area contributed by atoms with E-state index in [0.717, 1.165) is 17.8 Å². The number of rotatable bonds is 3. The Morgan fingerprint density at radius 1 is 1.33 bits per heavy atom. The first-order chi connectivity index (χ1) is 11.1. The summed E-state index contributed by atoms with van der Waals surface area (Å²) in [6.07, 6.45) is 1.24. The van der Waals surface area contributed by atoms with E-state index in [4.69, 9.17) is 21.9 Å². The van der Waals surface area contributed by atoms with E-state index in [0.29, 0.717) is 11.1 Å². The van der Waals surface area contributed by atoms with Gasteiger partial charge in [-0.15, -0.1) is 0 Å². The molecule has 0 aliphatic carbocycles. The minimum Gasteiger partial charge on any atom is -0.366 e. The number of carbonyl (C=O) groups is 1. The highest BCUT2D eigenvalue weighted by atomic mass is 35.5. The van der Waals surface area contributed by atoms with E-state index in [-0.39, 0.29) is 10.6 Å². The molecule has 6 nitrogen and oxygen atoms in total. The molecular formula is C15H14ClFN2O4S. The molecule has 1 aromatic carbocycles. The van der Waals surface area contributed by atoms with Crippen molar-refractivity contribution in [2.24, 2.45) is 5.73 Å². The van der Waals surface area contributed by atoms with Crippen LogP contribution in [0.3, 0.4) is 0 Å². The lowest BCUT2D eigenvalue weighted by Gasteiger charge is -1.97. The van der Waals surface area contributed by atoms with Gasteiger partial charge in [0.25, 0.3) is 10.1 Å². The van der Waals surface area contributed by atoms with Crippen LogP contribution in [0.2, 0.25) is 5.02 Å². The number of aromatic nitrogens is 1. The number of benzene rings is 1. The second-order valence-electron chi connectivity index (χ2n) is 4.51. The first kappa shape index (κ1) is 19.8. The van der Waals surface area contributed by atoms with Gasteiger partial charge in [-0.2, -0.15) is 8.42 Å².